The van der Waals surface area contributed by atoms with Gasteiger partial charge in [-0.15, -0.1) is 0 Å². The monoisotopic (exact) mass is 494 g/mol. The number of H-pyrrole nitrogens is 1. The van der Waals surface area contributed by atoms with Crippen LogP contribution in [0.2, 0.25) is 0 Å². The van der Waals surface area contributed by atoms with Crippen LogP contribution in [-0.4, -0.2) is 40.1 Å². The Kier molecular flexibility index (Phi) is 7.74. The molecule has 4 aromatic rings. The highest BCUT2D eigenvalue weighted by molar-refractivity contribution is 7.22. The molecule has 9 nitrogen and oxygen atoms in total. The Morgan fingerprint density at radius 3 is 2.80 bits per heavy atom. The van der Waals surface area contributed by atoms with Crippen LogP contribution < -0.4 is 20.5 Å². The zero-order valence-corrected chi connectivity index (χ0v) is 20.1. The highest BCUT2D eigenvalue weighted by atomic mass is 32.1. The minimum atomic E-state index is -0.447. The van der Waals surface area contributed by atoms with Crippen LogP contribution in [0.4, 0.5) is 5.13 Å². The lowest BCUT2D eigenvalue weighted by molar-refractivity contribution is -0.129. The lowest BCUT2D eigenvalue weighted by Crippen LogP contribution is -2.35. The molecule has 10 heteroatoms. The SMILES string of the molecule is CCOc1ccc2nc(N(CCCCCC(=O)NO)C(=O)c3c[nH]c4ccccc4c3=O)sc2c1. The van der Waals surface area contributed by atoms with E-state index in [0.29, 0.717) is 48.4 Å². The van der Waals surface area contributed by atoms with Gasteiger partial charge in [0.15, 0.2) is 5.13 Å². The molecule has 2 amide bonds. The van der Waals surface area contributed by atoms with Crippen molar-refractivity contribution >= 4 is 49.4 Å². The smallest absolute Gasteiger partial charge is 0.265 e. The van der Waals surface area contributed by atoms with Crippen LogP contribution in [-0.2, 0) is 4.79 Å². The van der Waals surface area contributed by atoms with E-state index in [9.17, 15) is 14.4 Å². The molecule has 2 aromatic heterocycles. The van der Waals surface area contributed by atoms with E-state index in [4.69, 9.17) is 9.94 Å². The van der Waals surface area contributed by atoms with Gasteiger partial charge in [0.05, 0.1) is 16.8 Å². The Hall–Kier alpha value is -3.76. The van der Waals surface area contributed by atoms with Crippen molar-refractivity contribution in [2.24, 2.45) is 0 Å². The molecule has 4 rings (SSSR count). The van der Waals surface area contributed by atoms with Gasteiger partial charge < -0.3 is 9.72 Å². The first kappa shape index (κ1) is 24.4. The molecular formula is C25H26N4O5S. The summed E-state index contributed by atoms with van der Waals surface area (Å²) in [6.07, 6.45) is 3.45. The number of para-hydroxylation sites is 1. The third-order valence-electron chi connectivity index (χ3n) is 5.56. The number of carbonyl (C=O) groups excluding carboxylic acids is 2. The number of ether oxygens (including phenoxy) is 1. The van der Waals surface area contributed by atoms with E-state index in [2.05, 4.69) is 9.97 Å². The molecule has 2 aromatic carbocycles. The van der Waals surface area contributed by atoms with Gasteiger partial charge >= 0.3 is 0 Å². The number of aromatic amines is 1. The average Bonchev–Trinajstić information content (AvgIpc) is 3.29. The fourth-order valence-corrected chi connectivity index (χ4v) is 4.83. The summed E-state index contributed by atoms with van der Waals surface area (Å²) in [6.45, 7) is 2.78. The summed E-state index contributed by atoms with van der Waals surface area (Å²) in [6, 6.07) is 12.6. The van der Waals surface area contributed by atoms with E-state index in [0.717, 1.165) is 16.0 Å². The molecule has 182 valence electrons. The minimum Gasteiger partial charge on any atom is -0.494 e. The van der Waals surface area contributed by atoms with Crippen LogP contribution in [0.15, 0.2) is 53.5 Å². The van der Waals surface area contributed by atoms with Crippen LogP contribution in [0.5, 0.6) is 5.75 Å². The van der Waals surface area contributed by atoms with Crippen LogP contribution in [0.1, 0.15) is 43.0 Å². The number of fused-ring (bicyclic) bond motifs is 2. The van der Waals surface area contributed by atoms with Crippen LogP contribution in [0, 0.1) is 0 Å². The van der Waals surface area contributed by atoms with Crippen molar-refractivity contribution in [2.45, 2.75) is 32.6 Å². The zero-order chi connectivity index (χ0) is 24.8. The maximum absolute atomic E-state index is 13.6. The molecule has 0 aliphatic heterocycles. The van der Waals surface area contributed by atoms with Gasteiger partial charge in [0.2, 0.25) is 11.3 Å². The van der Waals surface area contributed by atoms with Crippen molar-refractivity contribution in [1.29, 1.82) is 0 Å². The molecule has 3 N–H and O–H groups in total. The van der Waals surface area contributed by atoms with Crippen molar-refractivity contribution < 1.29 is 19.5 Å². The maximum Gasteiger partial charge on any atom is 0.265 e. The van der Waals surface area contributed by atoms with Crippen molar-refractivity contribution in [3.8, 4) is 5.75 Å². The van der Waals surface area contributed by atoms with E-state index < -0.39 is 11.8 Å². The Morgan fingerprint density at radius 2 is 2.00 bits per heavy atom. The summed E-state index contributed by atoms with van der Waals surface area (Å²) >= 11 is 1.35. The van der Waals surface area contributed by atoms with Crippen molar-refractivity contribution in [1.82, 2.24) is 15.4 Å². The topological polar surface area (TPSA) is 125 Å². The third kappa shape index (κ3) is 5.50. The van der Waals surface area contributed by atoms with E-state index in [1.165, 1.54) is 22.4 Å². The van der Waals surface area contributed by atoms with Crippen LogP contribution in [0.3, 0.4) is 0 Å². The second-order valence-corrected chi connectivity index (χ2v) is 8.95. The third-order valence-corrected chi connectivity index (χ3v) is 6.61. The van der Waals surface area contributed by atoms with Gasteiger partial charge in [-0.25, -0.2) is 10.5 Å². The molecule has 0 aliphatic rings. The standard InChI is InChI=1S/C25H26N4O5S/c1-2-34-16-11-12-20-21(14-16)35-25(27-20)29(13-7-3-4-10-22(30)28-33)24(32)18-15-26-19-9-6-5-8-17(19)23(18)31/h5-6,8-9,11-12,14-15,33H,2-4,7,10,13H2,1H3,(H,26,31)(H,28,30). The zero-order valence-electron chi connectivity index (χ0n) is 19.2. The second kappa shape index (κ2) is 11.1. The summed E-state index contributed by atoms with van der Waals surface area (Å²) in [5.41, 5.74) is 2.71. The number of thiazole rings is 1. The first-order valence-corrected chi connectivity index (χ1v) is 12.2. The lowest BCUT2D eigenvalue weighted by atomic mass is 10.1. The molecule has 0 radical (unpaired) electrons. The summed E-state index contributed by atoms with van der Waals surface area (Å²) in [5.74, 6) is -0.160. The number of rotatable bonds is 10. The number of amides is 2. The Morgan fingerprint density at radius 1 is 1.17 bits per heavy atom. The predicted octanol–water partition coefficient (Wildman–Crippen LogP) is 4.25. The maximum atomic E-state index is 13.6. The number of hydrogen-bond acceptors (Lipinski definition) is 7. The molecule has 0 aliphatic carbocycles. The van der Waals surface area contributed by atoms with Gasteiger partial charge in [0.25, 0.3) is 5.91 Å². The number of benzene rings is 2. The van der Waals surface area contributed by atoms with Gasteiger partial charge in [0, 0.05) is 30.1 Å². The number of carbonyl (C=O) groups is 2. The number of nitrogens with zero attached hydrogens (tertiary/aromatic N) is 2. The van der Waals surface area contributed by atoms with Crippen LogP contribution in [0.25, 0.3) is 21.1 Å². The predicted molar refractivity (Wildman–Crippen MR) is 135 cm³/mol. The van der Waals surface area contributed by atoms with Crippen molar-refractivity contribution in [3.63, 3.8) is 0 Å². The van der Waals surface area contributed by atoms with Gasteiger partial charge in [-0.05, 0) is 50.1 Å². The molecule has 0 unspecified atom stereocenters. The quantitative estimate of drug-likeness (QED) is 0.172. The molecule has 0 fully saturated rings. The van der Waals surface area contributed by atoms with Crippen molar-refractivity contribution in [3.05, 3.63) is 64.4 Å². The molecule has 0 saturated heterocycles. The summed E-state index contributed by atoms with van der Waals surface area (Å²) in [5, 5.41) is 9.58. The van der Waals surface area contributed by atoms with Gasteiger partial charge in [-0.1, -0.05) is 29.9 Å². The van der Waals surface area contributed by atoms with Crippen molar-refractivity contribution in [2.75, 3.05) is 18.1 Å². The average molecular weight is 495 g/mol. The first-order valence-electron chi connectivity index (χ1n) is 11.4. The van der Waals surface area contributed by atoms with Gasteiger partial charge in [0.1, 0.15) is 11.3 Å². The first-order chi connectivity index (χ1) is 17.0. The number of anilines is 1. The molecule has 2 heterocycles. The molecule has 0 atom stereocenters. The van der Waals surface area contributed by atoms with E-state index >= 15 is 0 Å². The largest absolute Gasteiger partial charge is 0.494 e. The van der Waals surface area contributed by atoms with Gasteiger partial charge in [-0.2, -0.15) is 0 Å². The fourth-order valence-electron chi connectivity index (χ4n) is 3.81. The number of hydroxylamine groups is 1. The molecule has 0 saturated carbocycles. The highest BCUT2D eigenvalue weighted by Gasteiger charge is 2.24. The summed E-state index contributed by atoms with van der Waals surface area (Å²) < 4.78 is 6.45. The van der Waals surface area contributed by atoms with E-state index in [-0.39, 0.29) is 17.4 Å². The number of nitrogens with one attached hydrogen (secondary N) is 2. The molecule has 0 spiro atoms. The summed E-state index contributed by atoms with van der Waals surface area (Å²) in [4.78, 5) is 47.2. The minimum absolute atomic E-state index is 0.0395. The van der Waals surface area contributed by atoms with Crippen LogP contribution >= 0.6 is 11.3 Å². The second-order valence-electron chi connectivity index (χ2n) is 7.94. The molecular weight excluding hydrogens is 468 g/mol. The molecule has 35 heavy (non-hydrogen) atoms. The highest BCUT2D eigenvalue weighted by Crippen LogP contribution is 2.32. The Labute approximate surface area is 205 Å². The van der Waals surface area contributed by atoms with Gasteiger partial charge in [-0.3, -0.25) is 24.5 Å². The normalized spacial score (nSPS) is 11.0. The fraction of sp³-hybridized carbons (Fsp3) is 0.280. The van der Waals surface area contributed by atoms with E-state index in [1.54, 1.807) is 23.7 Å². The number of hydrogen-bond donors (Lipinski definition) is 3. The number of unbranched alkanes of at least 4 members (excludes halogenated alkanes) is 2. The Bertz CT molecular complexity index is 1410. The number of aromatic nitrogens is 2. The van der Waals surface area contributed by atoms with E-state index in [1.807, 2.05) is 31.2 Å². The molecule has 0 bridgehead atoms. The summed E-state index contributed by atoms with van der Waals surface area (Å²) in [7, 11) is 0. The number of pyridine rings is 1. The Balaban J connectivity index is 1.64. The lowest BCUT2D eigenvalue weighted by Gasteiger charge is -2.20.